The molecule has 1 atom stereocenters. The molecular weight excluding hydrogens is 224 g/mol. The van der Waals surface area contributed by atoms with Crippen LogP contribution in [0, 0.1) is 11.8 Å². The fourth-order valence-electron chi connectivity index (χ4n) is 2.06. The lowest BCUT2D eigenvalue weighted by Gasteiger charge is -2.18. The summed E-state index contributed by atoms with van der Waals surface area (Å²) in [6.45, 7) is 6.70. The van der Waals surface area contributed by atoms with Gasteiger partial charge in [-0.2, -0.15) is 0 Å². The van der Waals surface area contributed by atoms with Crippen LogP contribution in [0.5, 0.6) is 0 Å². The molecule has 1 amide bonds. The zero-order valence-electron chi connectivity index (χ0n) is 11.6. The van der Waals surface area contributed by atoms with E-state index < -0.39 is 0 Å². The van der Waals surface area contributed by atoms with Gasteiger partial charge in [0.1, 0.15) is 0 Å². The summed E-state index contributed by atoms with van der Waals surface area (Å²) in [6, 6.07) is 7.91. The second-order valence-electron chi connectivity index (χ2n) is 5.06. The second kappa shape index (κ2) is 7.17. The first-order valence-electron chi connectivity index (χ1n) is 6.67. The van der Waals surface area contributed by atoms with E-state index in [1.54, 1.807) is 0 Å². The largest absolute Gasteiger partial charge is 0.330 e. The number of aryl methyl sites for hydroxylation is 1. The van der Waals surface area contributed by atoms with Crippen molar-refractivity contribution in [2.24, 2.45) is 17.6 Å². The molecule has 18 heavy (non-hydrogen) atoms. The van der Waals surface area contributed by atoms with Gasteiger partial charge in [-0.3, -0.25) is 4.79 Å². The van der Waals surface area contributed by atoms with E-state index in [0.29, 0.717) is 12.5 Å². The molecule has 0 fully saturated rings. The number of carbonyl (C=O) groups excluding carboxylic acids is 1. The predicted molar refractivity (Wildman–Crippen MR) is 76.4 cm³/mol. The average Bonchev–Trinajstić information content (AvgIpc) is 2.36. The molecule has 3 N–H and O–H groups in total. The number of carbonyl (C=O) groups is 1. The Morgan fingerprint density at radius 1 is 1.33 bits per heavy atom. The number of hydrogen-bond acceptors (Lipinski definition) is 2. The molecule has 0 aliphatic rings. The second-order valence-corrected chi connectivity index (χ2v) is 5.06. The first kappa shape index (κ1) is 14.7. The number of anilines is 1. The third kappa shape index (κ3) is 4.15. The molecule has 1 rings (SSSR count). The molecule has 0 bridgehead atoms. The number of nitrogens with one attached hydrogen (secondary N) is 1. The molecule has 1 unspecified atom stereocenters. The maximum Gasteiger partial charge on any atom is 0.228 e. The molecule has 3 heteroatoms. The fraction of sp³-hybridized carbons (Fsp3) is 0.533. The minimum absolute atomic E-state index is 0.0344. The maximum atomic E-state index is 12.2. The fourth-order valence-corrected chi connectivity index (χ4v) is 2.06. The number of benzene rings is 1. The van der Waals surface area contributed by atoms with E-state index in [1.165, 1.54) is 0 Å². The van der Waals surface area contributed by atoms with E-state index in [4.69, 9.17) is 5.73 Å². The highest BCUT2D eigenvalue weighted by Gasteiger charge is 2.18. The van der Waals surface area contributed by atoms with Crippen molar-refractivity contribution in [3.63, 3.8) is 0 Å². The van der Waals surface area contributed by atoms with Crippen molar-refractivity contribution >= 4 is 11.6 Å². The van der Waals surface area contributed by atoms with Crippen molar-refractivity contribution in [3.8, 4) is 0 Å². The molecule has 0 heterocycles. The van der Waals surface area contributed by atoms with E-state index >= 15 is 0 Å². The lowest BCUT2D eigenvalue weighted by atomic mass is 9.96. The summed E-state index contributed by atoms with van der Waals surface area (Å²) >= 11 is 0. The van der Waals surface area contributed by atoms with Gasteiger partial charge in [0.2, 0.25) is 5.91 Å². The van der Waals surface area contributed by atoms with E-state index in [9.17, 15) is 4.79 Å². The molecule has 100 valence electrons. The summed E-state index contributed by atoms with van der Waals surface area (Å²) in [5.74, 6) is 0.410. The van der Waals surface area contributed by atoms with Crippen LogP contribution in [-0.2, 0) is 11.2 Å². The average molecular weight is 248 g/mol. The Kier molecular flexibility index (Phi) is 5.86. The molecule has 0 aliphatic carbocycles. The molecule has 0 radical (unpaired) electrons. The zero-order valence-corrected chi connectivity index (χ0v) is 11.6. The molecule has 0 spiro atoms. The van der Waals surface area contributed by atoms with Crippen molar-refractivity contribution in [1.29, 1.82) is 0 Å². The first-order valence-corrected chi connectivity index (χ1v) is 6.67. The third-order valence-corrected chi connectivity index (χ3v) is 3.07. The van der Waals surface area contributed by atoms with Crippen molar-refractivity contribution in [2.45, 2.75) is 33.6 Å². The van der Waals surface area contributed by atoms with Crippen LogP contribution in [0.2, 0.25) is 0 Å². The summed E-state index contributed by atoms with van der Waals surface area (Å²) in [7, 11) is 0. The highest BCUT2D eigenvalue weighted by Crippen LogP contribution is 2.18. The minimum Gasteiger partial charge on any atom is -0.330 e. The van der Waals surface area contributed by atoms with Gasteiger partial charge in [-0.1, -0.05) is 39.0 Å². The Hall–Kier alpha value is -1.35. The Labute approximate surface area is 110 Å². The third-order valence-electron chi connectivity index (χ3n) is 3.07. The minimum atomic E-state index is -0.102. The number of hydrogen-bond donors (Lipinski definition) is 2. The summed E-state index contributed by atoms with van der Waals surface area (Å²) in [5.41, 5.74) is 7.75. The van der Waals surface area contributed by atoms with Crippen LogP contribution in [-0.4, -0.2) is 12.5 Å². The molecular formula is C15H24N2O. The zero-order chi connectivity index (χ0) is 13.5. The van der Waals surface area contributed by atoms with Crippen LogP contribution in [0.4, 0.5) is 5.69 Å². The van der Waals surface area contributed by atoms with Gasteiger partial charge in [0.05, 0.1) is 5.92 Å². The highest BCUT2D eigenvalue weighted by atomic mass is 16.1. The number of nitrogens with two attached hydrogens (primary N) is 1. The number of rotatable bonds is 6. The SMILES string of the molecule is CCc1ccccc1NC(=O)C(CN)CC(C)C. The maximum absolute atomic E-state index is 12.2. The van der Waals surface area contributed by atoms with Crippen LogP contribution < -0.4 is 11.1 Å². The molecule has 0 saturated heterocycles. The summed E-state index contributed by atoms with van der Waals surface area (Å²) in [5, 5.41) is 3.00. The summed E-state index contributed by atoms with van der Waals surface area (Å²) in [4.78, 5) is 12.2. The molecule has 3 nitrogen and oxygen atoms in total. The number of amides is 1. The van der Waals surface area contributed by atoms with Gasteiger partial charge in [-0.15, -0.1) is 0 Å². The van der Waals surface area contributed by atoms with Gasteiger partial charge in [0.15, 0.2) is 0 Å². The normalized spacial score (nSPS) is 12.5. The van der Waals surface area contributed by atoms with Gasteiger partial charge in [-0.05, 0) is 30.4 Å². The van der Waals surface area contributed by atoms with Crippen LogP contribution in [0.15, 0.2) is 24.3 Å². The summed E-state index contributed by atoms with van der Waals surface area (Å²) in [6.07, 6.45) is 1.74. The highest BCUT2D eigenvalue weighted by molar-refractivity contribution is 5.93. The Morgan fingerprint density at radius 2 is 2.00 bits per heavy atom. The quantitative estimate of drug-likeness (QED) is 0.813. The number of para-hydroxylation sites is 1. The predicted octanol–water partition coefficient (Wildman–Crippen LogP) is 2.81. The Bertz CT molecular complexity index is 388. The standard InChI is InChI=1S/C15H24N2O/c1-4-12-7-5-6-8-14(12)17-15(18)13(10-16)9-11(2)3/h5-8,11,13H,4,9-10,16H2,1-3H3,(H,17,18). The summed E-state index contributed by atoms with van der Waals surface area (Å²) < 4.78 is 0. The van der Waals surface area contributed by atoms with Crippen molar-refractivity contribution in [2.75, 3.05) is 11.9 Å². The van der Waals surface area contributed by atoms with Gasteiger partial charge >= 0.3 is 0 Å². The van der Waals surface area contributed by atoms with E-state index in [0.717, 1.165) is 24.1 Å². The monoisotopic (exact) mass is 248 g/mol. The van der Waals surface area contributed by atoms with Gasteiger partial charge in [0, 0.05) is 12.2 Å². The van der Waals surface area contributed by atoms with Gasteiger partial charge in [0.25, 0.3) is 0 Å². The van der Waals surface area contributed by atoms with Crippen molar-refractivity contribution < 1.29 is 4.79 Å². The first-order chi connectivity index (χ1) is 8.58. The smallest absolute Gasteiger partial charge is 0.228 e. The van der Waals surface area contributed by atoms with Crippen molar-refractivity contribution in [3.05, 3.63) is 29.8 Å². The Morgan fingerprint density at radius 3 is 2.56 bits per heavy atom. The van der Waals surface area contributed by atoms with Gasteiger partial charge in [-0.25, -0.2) is 0 Å². The molecule has 0 aromatic heterocycles. The molecule has 0 aliphatic heterocycles. The van der Waals surface area contributed by atoms with E-state index in [1.807, 2.05) is 24.3 Å². The lowest BCUT2D eigenvalue weighted by molar-refractivity contribution is -0.120. The topological polar surface area (TPSA) is 55.1 Å². The Balaban J connectivity index is 2.73. The lowest BCUT2D eigenvalue weighted by Crippen LogP contribution is -2.30. The van der Waals surface area contributed by atoms with Crippen molar-refractivity contribution in [1.82, 2.24) is 0 Å². The van der Waals surface area contributed by atoms with E-state index in [2.05, 4.69) is 26.1 Å². The molecule has 1 aromatic rings. The van der Waals surface area contributed by atoms with Gasteiger partial charge < -0.3 is 11.1 Å². The van der Waals surface area contributed by atoms with Crippen LogP contribution >= 0.6 is 0 Å². The van der Waals surface area contributed by atoms with E-state index in [-0.39, 0.29) is 11.8 Å². The van der Waals surface area contributed by atoms with Crippen LogP contribution in [0.3, 0.4) is 0 Å². The molecule has 1 aromatic carbocycles. The van der Waals surface area contributed by atoms with Crippen LogP contribution in [0.1, 0.15) is 32.8 Å². The molecule has 0 saturated carbocycles. The van der Waals surface area contributed by atoms with Crippen LogP contribution in [0.25, 0.3) is 0 Å².